The summed E-state index contributed by atoms with van der Waals surface area (Å²) in [5, 5.41) is 21.7. The largest absolute Gasteiger partial charge is 0.377 e. The molecule has 0 aliphatic carbocycles. The molecule has 0 aliphatic rings. The molecule has 0 spiro atoms. The number of benzene rings is 1. The van der Waals surface area contributed by atoms with Crippen LogP contribution in [-0.4, -0.2) is 21.8 Å². The van der Waals surface area contributed by atoms with Crippen molar-refractivity contribution < 1.29 is 9.31 Å². The third-order valence-corrected chi connectivity index (χ3v) is 3.23. The summed E-state index contributed by atoms with van der Waals surface area (Å²) in [6.45, 7) is 0.00947. The molecule has 0 radical (unpaired) electrons. The van der Waals surface area contributed by atoms with Crippen LogP contribution in [0.25, 0.3) is 0 Å². The quantitative estimate of drug-likeness (QED) is 0.310. The van der Waals surface area contributed by atoms with E-state index in [-0.39, 0.29) is 18.0 Å². The van der Waals surface area contributed by atoms with Gasteiger partial charge in [-0.2, -0.15) is 0 Å². The van der Waals surface area contributed by atoms with Gasteiger partial charge in [-0.05, 0) is 24.3 Å². The van der Waals surface area contributed by atoms with Crippen LogP contribution in [0.2, 0.25) is 0 Å². The van der Waals surface area contributed by atoms with Crippen molar-refractivity contribution in [1.82, 2.24) is 10.3 Å². The number of nitro groups is 1. The lowest BCUT2D eigenvalue weighted by molar-refractivity contribution is -0.511. The molecule has 1 heterocycles. The first-order valence-corrected chi connectivity index (χ1v) is 7.07. The van der Waals surface area contributed by atoms with E-state index in [1.807, 2.05) is 0 Å². The van der Waals surface area contributed by atoms with Crippen LogP contribution in [0.15, 0.2) is 60.4 Å². The molecule has 4 N–H and O–H groups in total. The highest BCUT2D eigenvalue weighted by Gasteiger charge is 2.21. The zero-order chi connectivity index (χ0) is 17.5. The minimum Gasteiger partial charge on any atom is -0.377 e. The van der Waals surface area contributed by atoms with Gasteiger partial charge in [-0.1, -0.05) is 24.3 Å². The Hall–Kier alpha value is -3.13. The minimum absolute atomic E-state index is 0.00101. The van der Waals surface area contributed by atoms with Crippen molar-refractivity contribution in [3.8, 4) is 0 Å². The Kier molecular flexibility index (Phi) is 5.69. The molecular formula is C16H16FN5O2. The molecule has 2 aromatic rings. The fraction of sp³-hybridized carbons (Fsp3) is 0.125. The van der Waals surface area contributed by atoms with Crippen molar-refractivity contribution in [3.05, 3.63) is 87.6 Å². The minimum atomic E-state index is -1.55. The van der Waals surface area contributed by atoms with Gasteiger partial charge in [0.15, 0.2) is 0 Å². The highest BCUT2D eigenvalue weighted by atomic mass is 19.1. The molecule has 0 bridgehead atoms. The Morgan fingerprint density at radius 3 is 2.71 bits per heavy atom. The number of nitrogens with one attached hydrogen (secondary N) is 2. The van der Waals surface area contributed by atoms with E-state index in [0.717, 1.165) is 0 Å². The molecule has 124 valence electrons. The van der Waals surface area contributed by atoms with E-state index in [4.69, 9.17) is 11.1 Å². The first-order valence-electron chi connectivity index (χ1n) is 7.07. The second-order valence-electron chi connectivity index (χ2n) is 4.90. The van der Waals surface area contributed by atoms with E-state index >= 15 is 0 Å². The number of hydrogen-bond donors (Lipinski definition) is 3. The maximum Gasteiger partial charge on any atom is 0.303 e. The monoisotopic (exact) mass is 329 g/mol. The SMILES string of the molecule is N=C(/C=C(\NCc1ccccc1F)C(N)[N+](=O)[O-])c1ccccn1. The molecule has 2 rings (SSSR count). The normalized spacial score (nSPS) is 12.5. The summed E-state index contributed by atoms with van der Waals surface area (Å²) in [5.41, 5.74) is 6.19. The van der Waals surface area contributed by atoms with Gasteiger partial charge in [0.1, 0.15) is 11.5 Å². The van der Waals surface area contributed by atoms with E-state index in [9.17, 15) is 14.5 Å². The number of hydrogen-bond acceptors (Lipinski definition) is 6. The molecule has 1 unspecified atom stereocenters. The average Bonchev–Trinajstić information content (AvgIpc) is 2.59. The summed E-state index contributed by atoms with van der Waals surface area (Å²) >= 11 is 0. The fourth-order valence-corrected chi connectivity index (χ4v) is 1.95. The Morgan fingerprint density at radius 1 is 1.38 bits per heavy atom. The zero-order valence-corrected chi connectivity index (χ0v) is 12.6. The number of halogens is 1. The van der Waals surface area contributed by atoms with Crippen LogP contribution in [0.3, 0.4) is 0 Å². The van der Waals surface area contributed by atoms with Gasteiger partial charge in [-0.15, -0.1) is 0 Å². The van der Waals surface area contributed by atoms with E-state index in [1.165, 1.54) is 18.3 Å². The number of allylic oxidation sites excluding steroid dienone is 1. The summed E-state index contributed by atoms with van der Waals surface area (Å²) in [6.07, 6.45) is 1.19. The average molecular weight is 329 g/mol. The predicted molar refractivity (Wildman–Crippen MR) is 87.4 cm³/mol. The first kappa shape index (κ1) is 17.2. The van der Waals surface area contributed by atoms with E-state index < -0.39 is 16.9 Å². The van der Waals surface area contributed by atoms with Gasteiger partial charge in [0.25, 0.3) is 0 Å². The highest BCUT2D eigenvalue weighted by Crippen LogP contribution is 2.08. The number of pyridine rings is 1. The van der Waals surface area contributed by atoms with Gasteiger partial charge in [-0.25, -0.2) is 4.39 Å². The standard InChI is InChI=1S/C16H16FN5O2/c17-12-6-2-1-5-11(12)10-21-15(16(19)22(23)24)9-13(18)14-7-3-4-8-20-14/h1-9,16,18,21H,10,19H2/b15-9-,18-13?. The van der Waals surface area contributed by atoms with Crippen LogP contribution in [0.4, 0.5) is 4.39 Å². The topological polar surface area (TPSA) is 118 Å². The summed E-state index contributed by atoms with van der Waals surface area (Å²) in [6, 6.07) is 11.1. The molecular weight excluding hydrogens is 313 g/mol. The summed E-state index contributed by atoms with van der Waals surface area (Å²) in [7, 11) is 0. The highest BCUT2D eigenvalue weighted by molar-refractivity contribution is 6.05. The Labute approximate surface area is 137 Å². The van der Waals surface area contributed by atoms with Gasteiger partial charge in [-0.3, -0.25) is 26.2 Å². The maximum atomic E-state index is 13.7. The lowest BCUT2D eigenvalue weighted by atomic mass is 10.1. The van der Waals surface area contributed by atoms with Gasteiger partial charge in [0.05, 0.1) is 11.4 Å². The van der Waals surface area contributed by atoms with Crippen LogP contribution in [0.1, 0.15) is 11.3 Å². The zero-order valence-electron chi connectivity index (χ0n) is 12.6. The summed E-state index contributed by atoms with van der Waals surface area (Å²) < 4.78 is 13.7. The number of nitrogens with zero attached hydrogens (tertiary/aromatic N) is 2. The van der Waals surface area contributed by atoms with E-state index in [1.54, 1.807) is 36.4 Å². The molecule has 0 saturated carbocycles. The second-order valence-corrected chi connectivity index (χ2v) is 4.90. The maximum absolute atomic E-state index is 13.7. The first-order chi connectivity index (χ1) is 11.5. The molecule has 24 heavy (non-hydrogen) atoms. The molecule has 1 aromatic heterocycles. The van der Waals surface area contributed by atoms with Crippen LogP contribution in [0.5, 0.6) is 0 Å². The Bertz CT molecular complexity index is 764. The molecule has 1 aromatic carbocycles. The van der Waals surface area contributed by atoms with Crippen molar-refractivity contribution in [1.29, 1.82) is 5.41 Å². The van der Waals surface area contributed by atoms with Crippen molar-refractivity contribution >= 4 is 5.71 Å². The molecule has 0 amide bonds. The molecule has 7 nitrogen and oxygen atoms in total. The van der Waals surface area contributed by atoms with E-state index in [0.29, 0.717) is 11.3 Å². The Balaban J connectivity index is 2.22. The van der Waals surface area contributed by atoms with Crippen LogP contribution in [-0.2, 0) is 6.54 Å². The molecule has 0 aliphatic heterocycles. The number of aromatic nitrogens is 1. The van der Waals surface area contributed by atoms with Gasteiger partial charge < -0.3 is 5.32 Å². The molecule has 1 atom stereocenters. The molecule has 0 fully saturated rings. The lowest BCUT2D eigenvalue weighted by Gasteiger charge is -2.13. The van der Waals surface area contributed by atoms with Crippen LogP contribution >= 0.6 is 0 Å². The smallest absolute Gasteiger partial charge is 0.303 e. The van der Waals surface area contributed by atoms with Gasteiger partial charge in [0, 0.05) is 23.2 Å². The van der Waals surface area contributed by atoms with Crippen molar-refractivity contribution in [3.63, 3.8) is 0 Å². The lowest BCUT2D eigenvalue weighted by Crippen LogP contribution is -2.38. The van der Waals surface area contributed by atoms with E-state index in [2.05, 4.69) is 10.3 Å². The van der Waals surface area contributed by atoms with Crippen LogP contribution in [0, 0.1) is 21.3 Å². The third-order valence-electron chi connectivity index (χ3n) is 3.23. The third kappa shape index (κ3) is 4.43. The summed E-state index contributed by atoms with van der Waals surface area (Å²) in [4.78, 5) is 14.3. The van der Waals surface area contributed by atoms with Gasteiger partial charge in [0.2, 0.25) is 0 Å². The number of rotatable bonds is 7. The molecule has 8 heteroatoms. The predicted octanol–water partition coefficient (Wildman–Crippen LogP) is 1.82. The van der Waals surface area contributed by atoms with Crippen LogP contribution < -0.4 is 11.1 Å². The Morgan fingerprint density at radius 2 is 2.08 bits per heavy atom. The van der Waals surface area contributed by atoms with Crippen molar-refractivity contribution in [2.24, 2.45) is 5.73 Å². The summed E-state index contributed by atoms with van der Waals surface area (Å²) in [5.74, 6) is -0.432. The fourth-order valence-electron chi connectivity index (χ4n) is 1.95. The number of nitrogens with two attached hydrogens (primary N) is 1. The van der Waals surface area contributed by atoms with Crippen molar-refractivity contribution in [2.45, 2.75) is 12.7 Å². The molecule has 0 saturated heterocycles. The van der Waals surface area contributed by atoms with Gasteiger partial charge >= 0.3 is 6.17 Å². The second kappa shape index (κ2) is 7.93. The van der Waals surface area contributed by atoms with Crippen molar-refractivity contribution in [2.75, 3.05) is 0 Å².